The Kier molecular flexibility index (Phi) is 17.5. The number of rotatable bonds is 17. The number of carbonyl (C=O) groups is 1. The minimum absolute atomic E-state index is 0.126. The van der Waals surface area contributed by atoms with E-state index in [-0.39, 0.29) is 5.97 Å². The summed E-state index contributed by atoms with van der Waals surface area (Å²) >= 11 is 0. The number of carbonyl (C=O) groups excluding carboxylic acids is 1. The zero-order chi connectivity index (χ0) is 22.2. The van der Waals surface area contributed by atoms with E-state index in [1.165, 1.54) is 0 Å². The first kappa shape index (κ1) is 26.4. The Morgan fingerprint density at radius 3 is 2.03 bits per heavy atom. The molecule has 0 aromatic carbocycles. The number of hydrogen-bond acceptors (Lipinski definition) is 3. The van der Waals surface area contributed by atoms with Crippen molar-refractivity contribution in [3.63, 3.8) is 0 Å². The summed E-state index contributed by atoms with van der Waals surface area (Å²) in [6.07, 6.45) is 35.3. The topological polar surface area (TPSA) is 39.2 Å². The number of pyridine rings is 1. The lowest BCUT2D eigenvalue weighted by atomic mass is 10.1. The van der Waals surface area contributed by atoms with Crippen LogP contribution >= 0.6 is 0 Å². The van der Waals surface area contributed by atoms with Crippen LogP contribution in [-0.4, -0.2) is 11.0 Å². The zero-order valence-electron chi connectivity index (χ0n) is 19.1. The molecule has 0 saturated heterocycles. The van der Waals surface area contributed by atoms with Crippen LogP contribution in [0.2, 0.25) is 0 Å². The van der Waals surface area contributed by atoms with E-state index in [1.54, 1.807) is 12.4 Å². The third-order valence-corrected chi connectivity index (χ3v) is 4.53. The summed E-state index contributed by atoms with van der Waals surface area (Å²) in [7, 11) is 0. The molecule has 1 aromatic heterocycles. The molecule has 0 bridgehead atoms. The lowest BCUT2D eigenvalue weighted by Crippen LogP contribution is -2.04. The Balaban J connectivity index is 1.90. The quantitative estimate of drug-likeness (QED) is 0.146. The smallest absolute Gasteiger partial charge is 0.306 e. The standard InChI is InChI=1S/C28H39NO2/c1-2-3-4-5-6-7-8-9-10-11-12-13-14-15-16-17-18-19-20-23-28(30)31-26-27-22-21-24-29-25-27/h3-4,6-7,9-10,12-13,15-16,21-22,24-25H,2,5,8,11,14,17-20,23,26H2,1H3/b4-3-,7-6-,10-9-,13-12-,16-15-. The summed E-state index contributed by atoms with van der Waals surface area (Å²) in [4.78, 5) is 15.7. The molecule has 0 aliphatic heterocycles. The molecule has 3 nitrogen and oxygen atoms in total. The van der Waals surface area contributed by atoms with Crippen LogP contribution in [0.25, 0.3) is 0 Å². The van der Waals surface area contributed by atoms with Crippen molar-refractivity contribution in [1.29, 1.82) is 0 Å². The SMILES string of the molecule is CC/C=C\C/C=C\C/C=C\C/C=C\C/C=C\CCCCCC(=O)OCc1cccnc1. The number of esters is 1. The van der Waals surface area contributed by atoms with Gasteiger partial charge >= 0.3 is 5.97 Å². The second kappa shape index (κ2) is 20.6. The molecule has 0 unspecified atom stereocenters. The van der Waals surface area contributed by atoms with Crippen molar-refractivity contribution in [2.45, 2.75) is 77.7 Å². The number of allylic oxidation sites excluding steroid dienone is 10. The summed E-state index contributed by atoms with van der Waals surface area (Å²) in [5, 5.41) is 0. The van der Waals surface area contributed by atoms with E-state index in [0.717, 1.165) is 63.4 Å². The van der Waals surface area contributed by atoms with Gasteiger partial charge in [-0.15, -0.1) is 0 Å². The van der Waals surface area contributed by atoms with Gasteiger partial charge in [-0.25, -0.2) is 0 Å². The highest BCUT2D eigenvalue weighted by Crippen LogP contribution is 2.07. The maximum Gasteiger partial charge on any atom is 0.306 e. The van der Waals surface area contributed by atoms with Crippen LogP contribution in [0.4, 0.5) is 0 Å². The van der Waals surface area contributed by atoms with Crippen LogP contribution in [0.1, 0.15) is 76.7 Å². The molecule has 0 radical (unpaired) electrons. The highest BCUT2D eigenvalue weighted by Gasteiger charge is 2.02. The Hall–Kier alpha value is -2.68. The monoisotopic (exact) mass is 421 g/mol. The molecule has 168 valence electrons. The van der Waals surface area contributed by atoms with Crippen molar-refractivity contribution in [1.82, 2.24) is 4.98 Å². The van der Waals surface area contributed by atoms with Crippen LogP contribution in [0.3, 0.4) is 0 Å². The van der Waals surface area contributed by atoms with E-state index in [4.69, 9.17) is 4.74 Å². The zero-order valence-corrected chi connectivity index (χ0v) is 19.1. The first-order valence-corrected chi connectivity index (χ1v) is 11.6. The molecule has 0 atom stereocenters. The molecule has 0 fully saturated rings. The van der Waals surface area contributed by atoms with Gasteiger partial charge in [0, 0.05) is 24.4 Å². The third-order valence-electron chi connectivity index (χ3n) is 4.53. The molecular weight excluding hydrogens is 382 g/mol. The van der Waals surface area contributed by atoms with Crippen molar-refractivity contribution < 1.29 is 9.53 Å². The number of ether oxygens (including phenoxy) is 1. The molecule has 0 saturated carbocycles. The van der Waals surface area contributed by atoms with Gasteiger partial charge in [0.05, 0.1) is 0 Å². The van der Waals surface area contributed by atoms with Crippen molar-refractivity contribution in [2.24, 2.45) is 0 Å². The maximum atomic E-state index is 11.7. The molecule has 0 aliphatic carbocycles. The molecule has 0 spiro atoms. The lowest BCUT2D eigenvalue weighted by molar-refractivity contribution is -0.145. The van der Waals surface area contributed by atoms with Gasteiger partial charge in [0.25, 0.3) is 0 Å². The van der Waals surface area contributed by atoms with Gasteiger partial charge in [-0.1, -0.05) is 80.2 Å². The second-order valence-electron chi connectivity index (χ2n) is 7.33. The van der Waals surface area contributed by atoms with Gasteiger partial charge in [0.2, 0.25) is 0 Å². The average molecular weight is 422 g/mol. The van der Waals surface area contributed by atoms with Gasteiger partial charge in [-0.2, -0.15) is 0 Å². The summed E-state index contributed by atoms with van der Waals surface area (Å²) in [6.45, 7) is 2.47. The van der Waals surface area contributed by atoms with Crippen LogP contribution < -0.4 is 0 Å². The van der Waals surface area contributed by atoms with Gasteiger partial charge in [0.15, 0.2) is 0 Å². The molecular formula is C28H39NO2. The Morgan fingerprint density at radius 2 is 1.45 bits per heavy atom. The van der Waals surface area contributed by atoms with Crippen molar-refractivity contribution >= 4 is 5.97 Å². The van der Waals surface area contributed by atoms with Crippen LogP contribution in [0, 0.1) is 0 Å². The fraction of sp³-hybridized carbons (Fsp3) is 0.429. The fourth-order valence-corrected chi connectivity index (χ4v) is 2.80. The second-order valence-corrected chi connectivity index (χ2v) is 7.33. The van der Waals surface area contributed by atoms with E-state index >= 15 is 0 Å². The van der Waals surface area contributed by atoms with Gasteiger partial charge in [-0.05, 0) is 57.4 Å². The molecule has 3 heteroatoms. The van der Waals surface area contributed by atoms with Crippen molar-refractivity contribution in [2.75, 3.05) is 0 Å². The Bertz CT molecular complexity index is 699. The molecule has 0 amide bonds. The Morgan fingerprint density at radius 1 is 0.839 bits per heavy atom. The number of unbranched alkanes of at least 4 members (excludes halogenated alkanes) is 3. The summed E-state index contributed by atoms with van der Waals surface area (Å²) in [5.74, 6) is -0.126. The highest BCUT2D eigenvalue weighted by atomic mass is 16.5. The normalized spacial score (nSPS) is 12.3. The summed E-state index contributed by atoms with van der Waals surface area (Å²) < 4.78 is 5.25. The van der Waals surface area contributed by atoms with Crippen LogP contribution in [0.15, 0.2) is 85.3 Å². The van der Waals surface area contributed by atoms with Crippen LogP contribution in [-0.2, 0) is 16.1 Å². The first-order chi connectivity index (χ1) is 15.3. The molecule has 1 rings (SSSR count). The molecule has 1 heterocycles. The highest BCUT2D eigenvalue weighted by molar-refractivity contribution is 5.69. The fourth-order valence-electron chi connectivity index (χ4n) is 2.80. The predicted octanol–water partition coefficient (Wildman–Crippen LogP) is 7.83. The van der Waals surface area contributed by atoms with Gasteiger partial charge in [0.1, 0.15) is 6.61 Å². The number of hydrogen-bond donors (Lipinski definition) is 0. The van der Waals surface area contributed by atoms with Gasteiger partial charge < -0.3 is 4.74 Å². The van der Waals surface area contributed by atoms with E-state index in [9.17, 15) is 4.79 Å². The molecule has 31 heavy (non-hydrogen) atoms. The van der Waals surface area contributed by atoms with E-state index in [0.29, 0.717) is 13.0 Å². The molecule has 0 aliphatic rings. The van der Waals surface area contributed by atoms with Crippen LogP contribution in [0.5, 0.6) is 0 Å². The van der Waals surface area contributed by atoms with Crippen molar-refractivity contribution in [3.05, 3.63) is 90.9 Å². The van der Waals surface area contributed by atoms with E-state index < -0.39 is 0 Å². The molecule has 0 N–H and O–H groups in total. The summed E-state index contributed by atoms with van der Waals surface area (Å²) in [5.41, 5.74) is 0.925. The lowest BCUT2D eigenvalue weighted by Gasteiger charge is -2.04. The Labute approximate surface area is 189 Å². The average Bonchev–Trinajstić information content (AvgIpc) is 2.80. The first-order valence-electron chi connectivity index (χ1n) is 11.6. The number of aromatic nitrogens is 1. The largest absolute Gasteiger partial charge is 0.461 e. The minimum Gasteiger partial charge on any atom is -0.461 e. The number of nitrogens with zero attached hydrogens (tertiary/aromatic N) is 1. The molecule has 1 aromatic rings. The van der Waals surface area contributed by atoms with Crippen molar-refractivity contribution in [3.8, 4) is 0 Å². The van der Waals surface area contributed by atoms with Gasteiger partial charge in [-0.3, -0.25) is 9.78 Å². The summed E-state index contributed by atoms with van der Waals surface area (Å²) in [6, 6.07) is 3.75. The third kappa shape index (κ3) is 17.9. The maximum absolute atomic E-state index is 11.7. The minimum atomic E-state index is -0.126. The van der Waals surface area contributed by atoms with E-state index in [1.807, 2.05) is 12.1 Å². The van der Waals surface area contributed by atoms with E-state index in [2.05, 4.69) is 72.7 Å². The predicted molar refractivity (Wildman–Crippen MR) is 132 cm³/mol.